The molecule has 0 aliphatic heterocycles. The molecule has 0 aromatic heterocycles. The minimum Gasteiger partial charge on any atom is -0.300 e. The van der Waals surface area contributed by atoms with E-state index in [0.717, 1.165) is 0 Å². The van der Waals surface area contributed by atoms with Crippen molar-refractivity contribution in [2.24, 2.45) is 0 Å². The Morgan fingerprint density at radius 1 is 1.22 bits per heavy atom. The number of Topliss-reactive ketones (excluding diaryl/α,β-unsaturated/α-hetero) is 1. The predicted octanol–water partition coefficient (Wildman–Crippen LogP) is 2.81. The van der Waals surface area contributed by atoms with Crippen LogP contribution < -0.4 is 0 Å². The lowest BCUT2D eigenvalue weighted by molar-refractivity contribution is -0.114. The molecule has 0 spiro atoms. The van der Waals surface area contributed by atoms with Crippen LogP contribution >= 0.6 is 15.3 Å². The quantitative estimate of drug-likeness (QED) is 0.444. The fourth-order valence-corrected chi connectivity index (χ4v) is 0. The van der Waals surface area contributed by atoms with Crippen LogP contribution in [-0.4, -0.2) is 12.5 Å². The van der Waals surface area contributed by atoms with Gasteiger partial charge in [-0.1, -0.05) is 19.6 Å². The first-order chi connectivity index (χ1) is 3.73. The molecule has 0 atom stereocenters. The minimum atomic E-state index is -0.799. The Kier molecular flexibility index (Phi) is 6.95. The van der Waals surface area contributed by atoms with Crippen molar-refractivity contribution in [2.75, 3.05) is 0 Å². The molecule has 0 unspecified atom stereocenters. The van der Waals surface area contributed by atoms with Gasteiger partial charge >= 0.3 is 0 Å². The van der Waals surface area contributed by atoms with Crippen molar-refractivity contribution < 1.29 is 4.79 Å². The second-order valence-corrected chi connectivity index (χ2v) is 14.2. The third-order valence-electron chi connectivity index (χ3n) is 0. The van der Waals surface area contributed by atoms with E-state index in [-0.39, 0.29) is 5.78 Å². The van der Waals surface area contributed by atoms with Gasteiger partial charge in [-0.05, 0) is 13.8 Å². The summed E-state index contributed by atoms with van der Waals surface area (Å²) < 4.78 is 0. The van der Waals surface area contributed by atoms with Crippen LogP contribution in [0.3, 0.4) is 0 Å². The Labute approximate surface area is 66.4 Å². The van der Waals surface area contributed by atoms with Gasteiger partial charge in [-0.3, -0.25) is 0 Å². The van der Waals surface area contributed by atoms with Crippen LogP contribution in [0.15, 0.2) is 0 Å². The smallest absolute Gasteiger partial charge is 0.126 e. The molecule has 56 valence electrons. The van der Waals surface area contributed by atoms with Crippen molar-refractivity contribution in [1.82, 2.24) is 0 Å². The predicted molar refractivity (Wildman–Crippen MR) is 48.6 cm³/mol. The van der Waals surface area contributed by atoms with Crippen molar-refractivity contribution in [2.45, 2.75) is 33.5 Å². The van der Waals surface area contributed by atoms with E-state index in [9.17, 15) is 4.79 Å². The average molecular weight is 211 g/mol. The maximum Gasteiger partial charge on any atom is 0.126 e. The van der Waals surface area contributed by atoms with Crippen LogP contribution in [0.5, 0.6) is 0 Å². The fourth-order valence-electron chi connectivity index (χ4n) is 0. The first-order valence-corrected chi connectivity index (χ1v) is 8.65. The van der Waals surface area contributed by atoms with Crippen molar-refractivity contribution in [3.8, 4) is 0 Å². The Morgan fingerprint density at radius 2 is 1.22 bits per heavy atom. The van der Waals surface area contributed by atoms with Gasteiger partial charge in [0.15, 0.2) is 0 Å². The highest BCUT2D eigenvalue weighted by atomic mass is 79.9. The van der Waals surface area contributed by atoms with E-state index < -0.39 is 6.69 Å². The maximum atomic E-state index is 9.44. The first-order valence-electron chi connectivity index (χ1n) is 2.89. The summed E-state index contributed by atoms with van der Waals surface area (Å²) in [4.78, 5) is 9.44. The zero-order valence-electron chi connectivity index (χ0n) is 6.79. The summed E-state index contributed by atoms with van der Waals surface area (Å²) in [5.41, 5.74) is 0. The number of carbonyl (C=O) groups excluding carboxylic acids is 1. The van der Waals surface area contributed by atoms with Gasteiger partial charge in [-0.15, -0.1) is 15.3 Å². The largest absolute Gasteiger partial charge is 0.300 e. The fraction of sp³-hybridized carbons (Fsp3) is 0.833. The van der Waals surface area contributed by atoms with Crippen LogP contribution in [0.25, 0.3) is 0 Å². The third-order valence-corrected chi connectivity index (χ3v) is 0. The van der Waals surface area contributed by atoms with Crippen molar-refractivity contribution in [3.05, 3.63) is 0 Å². The summed E-state index contributed by atoms with van der Waals surface area (Å²) >= 11 is 3.51. The lowest BCUT2D eigenvalue weighted by atomic mass is 10.6. The summed E-state index contributed by atoms with van der Waals surface area (Å²) in [7, 11) is 0. The number of hydrogen-bond acceptors (Lipinski definition) is 1. The number of ketones is 1. The molecule has 0 saturated heterocycles. The van der Waals surface area contributed by atoms with E-state index in [1.54, 1.807) is 0 Å². The molecule has 0 radical (unpaired) electrons. The second-order valence-electron chi connectivity index (χ2n) is 2.98. The molecule has 9 heavy (non-hydrogen) atoms. The molecular weight excluding hydrogens is 196 g/mol. The number of carbonyl (C=O) groups is 1. The summed E-state index contributed by atoms with van der Waals surface area (Å²) in [6, 6.07) is 0. The van der Waals surface area contributed by atoms with Gasteiger partial charge < -0.3 is 4.79 Å². The average Bonchev–Trinajstić information content (AvgIpc) is 1.19. The molecule has 0 bridgehead atoms. The minimum absolute atomic E-state index is 0.167. The van der Waals surface area contributed by atoms with Gasteiger partial charge in [0.25, 0.3) is 0 Å². The van der Waals surface area contributed by atoms with Crippen LogP contribution in [-0.2, 0) is 4.79 Å². The van der Waals surface area contributed by atoms with E-state index in [2.05, 4.69) is 34.9 Å². The first kappa shape index (κ1) is 12.1. The molecule has 0 amide bonds. The van der Waals surface area contributed by atoms with Gasteiger partial charge in [-0.25, -0.2) is 0 Å². The highest BCUT2D eigenvalue weighted by molar-refractivity contribution is 9.26. The molecule has 0 aromatic carbocycles. The maximum absolute atomic E-state index is 9.44. The molecule has 0 fully saturated rings. The van der Waals surface area contributed by atoms with Crippen LogP contribution in [0.4, 0.5) is 0 Å². The van der Waals surface area contributed by atoms with Gasteiger partial charge in [0.1, 0.15) is 12.5 Å². The molecule has 0 aliphatic carbocycles. The summed E-state index contributed by atoms with van der Waals surface area (Å²) in [6.45, 7) is 8.99. The summed E-state index contributed by atoms with van der Waals surface area (Å²) in [5.74, 6) is 0.167. The van der Waals surface area contributed by atoms with Crippen LogP contribution in [0, 0.1) is 0 Å². The van der Waals surface area contributed by atoms with Crippen LogP contribution in [0.1, 0.15) is 13.8 Å². The number of rotatable bonds is 0. The highest BCUT2D eigenvalue weighted by Crippen LogP contribution is 2.07. The summed E-state index contributed by atoms with van der Waals surface area (Å²) in [6.07, 6.45) is 0. The van der Waals surface area contributed by atoms with E-state index >= 15 is 0 Å². The van der Waals surface area contributed by atoms with E-state index in [1.807, 2.05) is 0 Å². The van der Waals surface area contributed by atoms with Crippen molar-refractivity contribution in [3.63, 3.8) is 0 Å². The molecule has 0 N–H and O–H groups in total. The molecule has 1 nitrogen and oxygen atoms in total. The van der Waals surface area contributed by atoms with Gasteiger partial charge in [0, 0.05) is 0 Å². The molecule has 0 rings (SSSR count). The molecule has 0 heterocycles. The third kappa shape index (κ3) is 2520. The topological polar surface area (TPSA) is 17.1 Å². The van der Waals surface area contributed by atoms with Crippen molar-refractivity contribution in [1.29, 1.82) is 0 Å². The Morgan fingerprint density at radius 3 is 1.22 bits per heavy atom. The molecule has 0 aliphatic rings. The van der Waals surface area contributed by atoms with E-state index in [1.165, 1.54) is 13.8 Å². The zero-order chi connectivity index (χ0) is 8.08. The van der Waals surface area contributed by atoms with Crippen LogP contribution in [0.2, 0.25) is 19.6 Å². The number of hydrogen-bond donors (Lipinski definition) is 0. The second kappa shape index (κ2) is 5.18. The standard InChI is InChI=1S/C3H9BrSi.C3H6O/c1-5(2,3)4;1-3(2)4/h1-3H3;1-2H3. The molecule has 0 saturated carbocycles. The molecular formula is C6H15BrOSi. The highest BCUT2D eigenvalue weighted by Gasteiger charge is 2.03. The lowest BCUT2D eigenvalue weighted by Gasteiger charge is -1.98. The molecule has 0 aromatic rings. The lowest BCUT2D eigenvalue weighted by Crippen LogP contribution is -2.05. The number of halogens is 1. The van der Waals surface area contributed by atoms with Crippen molar-refractivity contribution >= 4 is 27.8 Å². The normalized spacial score (nSPS) is 9.56. The Hall–Kier alpha value is 0.367. The Balaban J connectivity index is 0. The van der Waals surface area contributed by atoms with E-state index in [0.29, 0.717) is 0 Å². The SMILES string of the molecule is CC(C)=O.C[Si](C)(C)Br. The monoisotopic (exact) mass is 210 g/mol. The Bertz CT molecular complexity index is 75.5. The zero-order valence-corrected chi connectivity index (χ0v) is 9.37. The summed E-state index contributed by atoms with van der Waals surface area (Å²) in [5, 5.41) is 0. The molecule has 3 heteroatoms. The van der Waals surface area contributed by atoms with E-state index in [4.69, 9.17) is 0 Å². The van der Waals surface area contributed by atoms with Gasteiger partial charge in [-0.2, -0.15) is 0 Å². The van der Waals surface area contributed by atoms with Gasteiger partial charge in [0.2, 0.25) is 0 Å². The van der Waals surface area contributed by atoms with Gasteiger partial charge in [0.05, 0.1) is 0 Å².